The molecule has 5 nitrogen and oxygen atoms in total. The van der Waals surface area contributed by atoms with Crippen LogP contribution in [0.15, 0.2) is 30.5 Å². The maximum absolute atomic E-state index is 10.5. The SMILES string of the molecule is O=C(O)OC1=Cc2cc(CCn3ccnc3)sc2CC1. The number of hydrogen-bond donors (Lipinski definition) is 1. The van der Waals surface area contributed by atoms with Crippen molar-refractivity contribution in [2.75, 3.05) is 0 Å². The molecule has 0 unspecified atom stereocenters. The number of aromatic nitrogens is 2. The zero-order valence-corrected chi connectivity index (χ0v) is 11.6. The largest absolute Gasteiger partial charge is 0.511 e. The van der Waals surface area contributed by atoms with Crippen LogP contribution >= 0.6 is 11.3 Å². The summed E-state index contributed by atoms with van der Waals surface area (Å²) in [7, 11) is 0. The molecule has 0 fully saturated rings. The molecule has 1 aliphatic rings. The number of carbonyl (C=O) groups is 1. The van der Waals surface area contributed by atoms with Gasteiger partial charge in [0.2, 0.25) is 0 Å². The Morgan fingerprint density at radius 1 is 1.50 bits per heavy atom. The van der Waals surface area contributed by atoms with Crippen molar-refractivity contribution in [1.29, 1.82) is 0 Å². The van der Waals surface area contributed by atoms with Crippen LogP contribution in [0, 0.1) is 0 Å². The van der Waals surface area contributed by atoms with Gasteiger partial charge in [0.1, 0.15) is 5.76 Å². The van der Waals surface area contributed by atoms with Crippen LogP contribution in [0.3, 0.4) is 0 Å². The first-order valence-corrected chi connectivity index (χ1v) is 7.21. The highest BCUT2D eigenvalue weighted by molar-refractivity contribution is 7.12. The first-order chi connectivity index (χ1) is 9.70. The van der Waals surface area contributed by atoms with Crippen LogP contribution in [-0.2, 0) is 24.1 Å². The second kappa shape index (κ2) is 5.50. The molecule has 2 aromatic rings. The molecule has 0 atom stereocenters. The monoisotopic (exact) mass is 290 g/mol. The number of nitrogens with zero attached hydrogens (tertiary/aromatic N) is 2. The number of imidazole rings is 1. The Hall–Kier alpha value is -2.08. The smallest absolute Gasteiger partial charge is 0.449 e. The number of allylic oxidation sites excluding steroid dienone is 1. The minimum Gasteiger partial charge on any atom is -0.449 e. The molecule has 0 radical (unpaired) electrons. The van der Waals surface area contributed by atoms with Gasteiger partial charge < -0.3 is 14.4 Å². The van der Waals surface area contributed by atoms with Crippen molar-refractivity contribution in [3.8, 4) is 0 Å². The molecule has 2 aromatic heterocycles. The van der Waals surface area contributed by atoms with Gasteiger partial charge in [0.25, 0.3) is 0 Å². The highest BCUT2D eigenvalue weighted by atomic mass is 32.1. The lowest BCUT2D eigenvalue weighted by Crippen LogP contribution is -2.04. The summed E-state index contributed by atoms with van der Waals surface area (Å²) in [5, 5.41) is 8.64. The standard InChI is InChI=1S/C14H14N2O3S/c17-14(18)19-11-1-2-13-10(7-11)8-12(20-13)3-5-16-6-4-15-9-16/h4,6-9H,1-3,5H2,(H,17,18). The van der Waals surface area contributed by atoms with Gasteiger partial charge in [0, 0.05) is 35.1 Å². The molecule has 2 heterocycles. The first kappa shape index (κ1) is 12.9. The maximum atomic E-state index is 10.5. The Kier molecular flexibility index (Phi) is 3.56. The van der Waals surface area contributed by atoms with E-state index >= 15 is 0 Å². The van der Waals surface area contributed by atoms with E-state index in [9.17, 15) is 4.79 Å². The normalized spacial score (nSPS) is 13.7. The third-order valence-electron chi connectivity index (χ3n) is 3.20. The van der Waals surface area contributed by atoms with E-state index in [1.165, 1.54) is 9.75 Å². The molecule has 0 bridgehead atoms. The van der Waals surface area contributed by atoms with Gasteiger partial charge >= 0.3 is 6.16 Å². The van der Waals surface area contributed by atoms with Crippen LogP contribution in [0.2, 0.25) is 0 Å². The van der Waals surface area contributed by atoms with Gasteiger partial charge in [-0.05, 0) is 30.5 Å². The predicted molar refractivity (Wildman–Crippen MR) is 75.7 cm³/mol. The summed E-state index contributed by atoms with van der Waals surface area (Å²) >= 11 is 1.80. The molecule has 0 saturated heterocycles. The Bertz CT molecular complexity index is 643. The molecular weight excluding hydrogens is 276 g/mol. The highest BCUT2D eigenvalue weighted by Gasteiger charge is 2.16. The van der Waals surface area contributed by atoms with Gasteiger partial charge in [-0.15, -0.1) is 11.3 Å². The Morgan fingerprint density at radius 2 is 2.40 bits per heavy atom. The number of carboxylic acid groups (broad SMARTS) is 1. The fourth-order valence-electron chi connectivity index (χ4n) is 2.27. The summed E-state index contributed by atoms with van der Waals surface area (Å²) < 4.78 is 6.80. The van der Waals surface area contributed by atoms with Gasteiger partial charge in [0.15, 0.2) is 0 Å². The zero-order chi connectivity index (χ0) is 13.9. The van der Waals surface area contributed by atoms with Crippen molar-refractivity contribution in [2.45, 2.75) is 25.8 Å². The molecular formula is C14H14N2O3S. The van der Waals surface area contributed by atoms with Crippen molar-refractivity contribution in [1.82, 2.24) is 9.55 Å². The average Bonchev–Trinajstić information content (AvgIpc) is 3.04. The summed E-state index contributed by atoms with van der Waals surface area (Å²) in [6.45, 7) is 0.904. The molecule has 20 heavy (non-hydrogen) atoms. The molecule has 6 heteroatoms. The van der Waals surface area contributed by atoms with Crippen LogP contribution < -0.4 is 0 Å². The van der Waals surface area contributed by atoms with Crippen LogP contribution in [0.4, 0.5) is 4.79 Å². The third kappa shape index (κ3) is 2.91. The van der Waals surface area contributed by atoms with E-state index in [-0.39, 0.29) is 0 Å². The molecule has 0 amide bonds. The van der Waals surface area contributed by atoms with Gasteiger partial charge in [-0.3, -0.25) is 0 Å². The Labute approximate surface area is 120 Å². The number of thiophene rings is 1. The van der Waals surface area contributed by atoms with Crippen molar-refractivity contribution in [3.63, 3.8) is 0 Å². The van der Waals surface area contributed by atoms with Crippen LogP contribution in [0.1, 0.15) is 21.7 Å². The van der Waals surface area contributed by atoms with Crippen molar-refractivity contribution < 1.29 is 14.6 Å². The maximum Gasteiger partial charge on any atom is 0.511 e. The summed E-state index contributed by atoms with van der Waals surface area (Å²) in [6, 6.07) is 2.13. The highest BCUT2D eigenvalue weighted by Crippen LogP contribution is 2.32. The molecule has 0 spiro atoms. The van der Waals surface area contributed by atoms with Gasteiger partial charge in [0.05, 0.1) is 6.33 Å². The number of rotatable bonds is 4. The molecule has 0 aromatic carbocycles. The van der Waals surface area contributed by atoms with Crippen molar-refractivity contribution >= 4 is 23.6 Å². The van der Waals surface area contributed by atoms with Crippen LogP contribution in [-0.4, -0.2) is 20.8 Å². The van der Waals surface area contributed by atoms with Gasteiger partial charge in [-0.1, -0.05) is 0 Å². The van der Waals surface area contributed by atoms with E-state index in [0.717, 1.165) is 24.9 Å². The average molecular weight is 290 g/mol. The Balaban J connectivity index is 1.70. The minimum atomic E-state index is -1.24. The summed E-state index contributed by atoms with van der Waals surface area (Å²) in [5.74, 6) is 0.531. The number of ether oxygens (including phenoxy) is 1. The second-order valence-electron chi connectivity index (χ2n) is 4.62. The molecule has 104 valence electrons. The number of aryl methyl sites for hydroxylation is 3. The van der Waals surface area contributed by atoms with Crippen molar-refractivity contribution in [2.24, 2.45) is 0 Å². The van der Waals surface area contributed by atoms with Gasteiger partial charge in [-0.2, -0.15) is 0 Å². The van der Waals surface area contributed by atoms with Crippen LogP contribution in [0.25, 0.3) is 6.08 Å². The lowest BCUT2D eigenvalue weighted by Gasteiger charge is -2.10. The lowest BCUT2D eigenvalue weighted by atomic mass is 10.0. The summed E-state index contributed by atoms with van der Waals surface area (Å²) in [4.78, 5) is 17.2. The number of hydrogen-bond acceptors (Lipinski definition) is 4. The van der Waals surface area contributed by atoms with E-state index in [2.05, 4.69) is 11.1 Å². The molecule has 3 rings (SSSR count). The number of fused-ring (bicyclic) bond motifs is 1. The van der Waals surface area contributed by atoms with E-state index in [4.69, 9.17) is 9.84 Å². The summed E-state index contributed by atoms with van der Waals surface area (Å²) in [5.41, 5.74) is 1.10. The topological polar surface area (TPSA) is 64.3 Å². The fourth-order valence-corrected chi connectivity index (χ4v) is 3.41. The fraction of sp³-hybridized carbons (Fsp3) is 0.286. The van der Waals surface area contributed by atoms with E-state index < -0.39 is 6.16 Å². The van der Waals surface area contributed by atoms with E-state index in [1.807, 2.05) is 23.2 Å². The predicted octanol–water partition coefficient (Wildman–Crippen LogP) is 3.17. The van der Waals surface area contributed by atoms with E-state index in [1.54, 1.807) is 17.5 Å². The zero-order valence-electron chi connectivity index (χ0n) is 10.8. The summed E-state index contributed by atoms with van der Waals surface area (Å²) in [6.07, 6.45) is 8.60. The van der Waals surface area contributed by atoms with E-state index in [0.29, 0.717) is 12.2 Å². The van der Waals surface area contributed by atoms with Gasteiger partial charge in [-0.25, -0.2) is 9.78 Å². The van der Waals surface area contributed by atoms with Crippen molar-refractivity contribution in [3.05, 3.63) is 45.9 Å². The Morgan fingerprint density at radius 3 is 3.15 bits per heavy atom. The lowest BCUT2D eigenvalue weighted by molar-refractivity contribution is 0.117. The third-order valence-corrected chi connectivity index (χ3v) is 4.47. The second-order valence-corrected chi connectivity index (χ2v) is 5.84. The first-order valence-electron chi connectivity index (χ1n) is 6.39. The minimum absolute atomic E-state index is 0.531. The molecule has 1 aliphatic carbocycles. The molecule has 0 saturated carbocycles. The molecule has 0 aliphatic heterocycles. The van der Waals surface area contributed by atoms with Crippen LogP contribution in [0.5, 0.6) is 0 Å². The quantitative estimate of drug-likeness (QED) is 0.878. The molecule has 1 N–H and O–H groups in total.